The molecule has 0 saturated heterocycles. The van der Waals surface area contributed by atoms with Gasteiger partial charge in [0.25, 0.3) is 5.69 Å². The molecule has 0 radical (unpaired) electrons. The van der Waals surface area contributed by atoms with Gasteiger partial charge in [-0.05, 0) is 39.8 Å². The first-order valence-corrected chi connectivity index (χ1v) is 8.58. The molecule has 0 aliphatic heterocycles. The maximum Gasteiger partial charge on any atom is 0.312 e. The molecule has 9 heteroatoms. The normalized spacial score (nSPS) is 11.4. The average Bonchev–Trinajstić information content (AvgIpc) is 3.02. The predicted octanol–water partition coefficient (Wildman–Crippen LogP) is 3.99. The van der Waals surface area contributed by atoms with Gasteiger partial charge in [0.05, 0.1) is 21.8 Å². The van der Waals surface area contributed by atoms with Crippen LogP contribution in [0.5, 0.6) is 11.6 Å². The third-order valence-electron chi connectivity index (χ3n) is 3.89. The van der Waals surface area contributed by atoms with Crippen molar-refractivity contribution in [3.05, 3.63) is 52.5 Å². The van der Waals surface area contributed by atoms with Crippen molar-refractivity contribution in [2.45, 2.75) is 34.4 Å². The van der Waals surface area contributed by atoms with Crippen LogP contribution in [0.25, 0.3) is 11.0 Å². The van der Waals surface area contributed by atoms with Crippen LogP contribution in [0.1, 0.15) is 26.6 Å². The Labute approximate surface area is 161 Å². The molecule has 0 aliphatic rings. The van der Waals surface area contributed by atoms with Gasteiger partial charge >= 0.3 is 5.97 Å². The first-order chi connectivity index (χ1) is 13.1. The number of ether oxygens (including phenoxy) is 2. The van der Waals surface area contributed by atoms with E-state index in [2.05, 4.69) is 9.97 Å². The Morgan fingerprint density at radius 2 is 2.00 bits per heavy atom. The van der Waals surface area contributed by atoms with Gasteiger partial charge in [0.1, 0.15) is 17.2 Å². The Bertz CT molecular complexity index is 1050. The van der Waals surface area contributed by atoms with Crippen LogP contribution in [0.2, 0.25) is 0 Å². The van der Waals surface area contributed by atoms with Crippen molar-refractivity contribution in [3.63, 3.8) is 0 Å². The number of nitro benzene ring substituents is 1. The minimum absolute atomic E-state index is 0.00626. The fourth-order valence-corrected chi connectivity index (χ4v) is 2.44. The van der Waals surface area contributed by atoms with E-state index in [-0.39, 0.29) is 24.3 Å². The van der Waals surface area contributed by atoms with Gasteiger partial charge in [-0.1, -0.05) is 6.07 Å². The smallest absolute Gasteiger partial charge is 0.312 e. The van der Waals surface area contributed by atoms with E-state index in [1.54, 1.807) is 50.6 Å². The van der Waals surface area contributed by atoms with Crippen LogP contribution >= 0.6 is 0 Å². The number of nitro groups is 1. The lowest BCUT2D eigenvalue weighted by Gasteiger charge is -2.17. The van der Waals surface area contributed by atoms with Gasteiger partial charge in [0.2, 0.25) is 5.88 Å². The first kappa shape index (κ1) is 19.3. The topological polar surface area (TPSA) is 109 Å². The Morgan fingerprint density at radius 1 is 1.25 bits per heavy atom. The lowest BCUT2D eigenvalue weighted by atomic mass is 9.98. The third kappa shape index (κ3) is 4.08. The molecule has 0 amide bonds. The van der Waals surface area contributed by atoms with Crippen molar-refractivity contribution in [3.8, 4) is 11.6 Å². The summed E-state index contributed by atoms with van der Waals surface area (Å²) >= 11 is 0. The Morgan fingerprint density at radius 3 is 2.68 bits per heavy atom. The molecule has 9 nitrogen and oxygen atoms in total. The maximum absolute atomic E-state index is 12.0. The number of non-ortho nitro benzene ring substituents is 1. The molecule has 2 heterocycles. The monoisotopic (exact) mass is 384 g/mol. The highest BCUT2D eigenvalue weighted by Gasteiger charge is 2.23. The molecule has 0 spiro atoms. The Hall–Kier alpha value is -3.49. The SMILES string of the molecule is Cc1nc(Oc2cccc([N+](=O)[O-])c2)c2ccn(COC(=O)C(C)(C)C)c2n1. The van der Waals surface area contributed by atoms with Crippen molar-refractivity contribution in [2.75, 3.05) is 0 Å². The van der Waals surface area contributed by atoms with Gasteiger partial charge < -0.3 is 9.47 Å². The third-order valence-corrected chi connectivity index (χ3v) is 3.89. The molecule has 0 aliphatic carbocycles. The number of carbonyl (C=O) groups is 1. The standard InChI is InChI=1S/C19H20N4O5/c1-12-20-16-15(8-9-22(16)11-27-18(24)19(2,3)4)17(21-12)28-14-7-5-6-13(10-14)23(25)26/h5-10H,11H2,1-4H3. The highest BCUT2D eigenvalue weighted by atomic mass is 16.6. The molecule has 28 heavy (non-hydrogen) atoms. The van der Waals surface area contributed by atoms with Gasteiger partial charge in [-0.2, -0.15) is 4.98 Å². The predicted molar refractivity (Wildman–Crippen MR) is 101 cm³/mol. The van der Waals surface area contributed by atoms with Crippen LogP contribution in [-0.4, -0.2) is 25.4 Å². The number of nitrogens with zero attached hydrogens (tertiary/aromatic N) is 4. The minimum Gasteiger partial charge on any atom is -0.443 e. The summed E-state index contributed by atoms with van der Waals surface area (Å²) in [5.41, 5.74) is -0.148. The van der Waals surface area contributed by atoms with Crippen molar-refractivity contribution in [2.24, 2.45) is 5.41 Å². The zero-order valence-corrected chi connectivity index (χ0v) is 16.0. The van der Waals surface area contributed by atoms with Gasteiger partial charge in [-0.3, -0.25) is 19.5 Å². The molecule has 2 aromatic heterocycles. The summed E-state index contributed by atoms with van der Waals surface area (Å²) in [6, 6.07) is 7.60. The highest BCUT2D eigenvalue weighted by Crippen LogP contribution is 2.30. The molecule has 0 saturated carbocycles. The number of hydrogen-bond acceptors (Lipinski definition) is 7. The van der Waals surface area contributed by atoms with Crippen LogP contribution in [0, 0.1) is 22.5 Å². The molecule has 0 fully saturated rings. The van der Waals surface area contributed by atoms with E-state index in [1.165, 1.54) is 18.2 Å². The van der Waals surface area contributed by atoms with Crippen molar-refractivity contribution in [1.82, 2.24) is 14.5 Å². The molecule has 1 aromatic carbocycles. The molecular formula is C19H20N4O5. The van der Waals surface area contributed by atoms with Crippen LogP contribution in [-0.2, 0) is 16.3 Å². The molecule has 0 N–H and O–H groups in total. The van der Waals surface area contributed by atoms with Crippen LogP contribution in [0.3, 0.4) is 0 Å². The van der Waals surface area contributed by atoms with Gasteiger partial charge in [0.15, 0.2) is 6.73 Å². The van der Waals surface area contributed by atoms with E-state index >= 15 is 0 Å². The van der Waals surface area contributed by atoms with Gasteiger partial charge in [0, 0.05) is 12.3 Å². The Kier molecular flexibility index (Phi) is 5.00. The van der Waals surface area contributed by atoms with E-state index in [4.69, 9.17) is 9.47 Å². The highest BCUT2D eigenvalue weighted by molar-refractivity contribution is 5.82. The van der Waals surface area contributed by atoms with Crippen molar-refractivity contribution >= 4 is 22.7 Å². The van der Waals surface area contributed by atoms with E-state index in [0.717, 1.165) is 0 Å². The lowest BCUT2D eigenvalue weighted by Crippen LogP contribution is -2.24. The summed E-state index contributed by atoms with van der Waals surface area (Å²) in [6.45, 7) is 7.05. The molecule has 146 valence electrons. The fraction of sp³-hybridized carbons (Fsp3) is 0.316. The molecule has 0 bridgehead atoms. The number of esters is 1. The van der Waals surface area contributed by atoms with Gasteiger partial charge in [-0.15, -0.1) is 0 Å². The number of aryl methyl sites for hydroxylation is 1. The van der Waals surface area contributed by atoms with Gasteiger partial charge in [-0.25, -0.2) is 4.98 Å². The van der Waals surface area contributed by atoms with E-state index in [9.17, 15) is 14.9 Å². The quantitative estimate of drug-likeness (QED) is 0.372. The number of rotatable bonds is 5. The summed E-state index contributed by atoms with van der Waals surface area (Å²) in [5.74, 6) is 0.688. The fourth-order valence-electron chi connectivity index (χ4n) is 2.44. The van der Waals surface area contributed by atoms with Crippen molar-refractivity contribution < 1.29 is 19.2 Å². The summed E-state index contributed by atoms with van der Waals surface area (Å²) in [7, 11) is 0. The van der Waals surface area contributed by atoms with Crippen LogP contribution in [0.15, 0.2) is 36.5 Å². The number of aromatic nitrogens is 3. The number of benzene rings is 1. The summed E-state index contributed by atoms with van der Waals surface area (Å²) in [6.07, 6.45) is 1.72. The van der Waals surface area contributed by atoms with Crippen LogP contribution < -0.4 is 4.74 Å². The summed E-state index contributed by atoms with van der Waals surface area (Å²) in [5, 5.41) is 11.6. The second-order valence-corrected chi connectivity index (χ2v) is 7.27. The Balaban J connectivity index is 1.90. The lowest BCUT2D eigenvalue weighted by molar-refractivity contribution is -0.384. The zero-order valence-electron chi connectivity index (χ0n) is 16.0. The van der Waals surface area contributed by atoms with Crippen molar-refractivity contribution in [1.29, 1.82) is 0 Å². The largest absolute Gasteiger partial charge is 0.443 e. The summed E-state index contributed by atoms with van der Waals surface area (Å²) in [4.78, 5) is 31.2. The average molecular weight is 384 g/mol. The molecule has 0 unspecified atom stereocenters. The molecule has 3 aromatic rings. The van der Waals surface area contributed by atoms with E-state index < -0.39 is 10.3 Å². The molecular weight excluding hydrogens is 364 g/mol. The molecule has 0 atom stereocenters. The summed E-state index contributed by atoms with van der Waals surface area (Å²) < 4.78 is 12.8. The van der Waals surface area contributed by atoms with E-state index in [0.29, 0.717) is 22.6 Å². The maximum atomic E-state index is 12.0. The second-order valence-electron chi connectivity index (χ2n) is 7.27. The second kappa shape index (κ2) is 7.26. The molecule has 3 rings (SSSR count). The first-order valence-electron chi connectivity index (χ1n) is 8.58. The van der Waals surface area contributed by atoms with Crippen LogP contribution in [0.4, 0.5) is 5.69 Å². The number of carbonyl (C=O) groups excluding carboxylic acids is 1. The van der Waals surface area contributed by atoms with E-state index in [1.807, 2.05) is 0 Å². The number of fused-ring (bicyclic) bond motifs is 1. The minimum atomic E-state index is -0.607. The zero-order chi connectivity index (χ0) is 20.5. The number of hydrogen-bond donors (Lipinski definition) is 0.